The summed E-state index contributed by atoms with van der Waals surface area (Å²) < 4.78 is 12.0. The van der Waals surface area contributed by atoms with E-state index in [1.54, 1.807) is 24.4 Å². The lowest BCUT2D eigenvalue weighted by atomic mass is 10.1. The van der Waals surface area contributed by atoms with Crippen LogP contribution in [0.2, 0.25) is 5.02 Å². The first-order chi connectivity index (χ1) is 12.6. The minimum absolute atomic E-state index is 0.156. The summed E-state index contributed by atoms with van der Waals surface area (Å²) in [4.78, 5) is 32.7. The number of methoxy groups -OCH3 is 1. The summed E-state index contributed by atoms with van der Waals surface area (Å²) in [5, 5.41) is 1.46. The molecule has 0 aliphatic heterocycles. The third kappa shape index (κ3) is 2.72. The highest BCUT2D eigenvalue weighted by atomic mass is 35.5. The number of aromatic nitrogens is 3. The van der Waals surface area contributed by atoms with Gasteiger partial charge in [-0.15, -0.1) is 0 Å². The number of hydrogen-bond donors (Lipinski definition) is 0. The fraction of sp³-hybridized carbons (Fsp3) is 0.111. The van der Waals surface area contributed by atoms with E-state index in [9.17, 15) is 9.59 Å². The fourth-order valence-corrected chi connectivity index (χ4v) is 3.02. The molecule has 0 atom stereocenters. The summed E-state index contributed by atoms with van der Waals surface area (Å²) in [6, 6.07) is 6.57. The van der Waals surface area contributed by atoms with Gasteiger partial charge in [-0.3, -0.25) is 14.3 Å². The number of rotatable bonds is 3. The molecule has 3 aromatic heterocycles. The minimum atomic E-state index is -0.547. The van der Waals surface area contributed by atoms with Crippen LogP contribution in [-0.2, 0) is 11.3 Å². The molecule has 0 spiro atoms. The number of benzene rings is 1. The summed E-state index contributed by atoms with van der Waals surface area (Å²) in [5.74, 6) is -0.0615. The van der Waals surface area contributed by atoms with Gasteiger partial charge in [0.25, 0.3) is 5.56 Å². The van der Waals surface area contributed by atoms with Gasteiger partial charge < -0.3 is 9.15 Å². The normalized spacial score (nSPS) is 11.2. The molecule has 0 saturated heterocycles. The Morgan fingerprint density at radius 1 is 1.35 bits per heavy atom. The molecule has 7 nitrogen and oxygen atoms in total. The average Bonchev–Trinajstić information content (AvgIpc) is 3.05. The number of esters is 1. The van der Waals surface area contributed by atoms with Crippen LogP contribution in [0.1, 0.15) is 16.1 Å². The maximum Gasteiger partial charge on any atom is 0.341 e. The number of furan rings is 1. The van der Waals surface area contributed by atoms with E-state index in [0.717, 1.165) is 0 Å². The highest BCUT2D eigenvalue weighted by Crippen LogP contribution is 2.28. The minimum Gasteiger partial charge on any atom is -0.465 e. The number of pyridine rings is 1. The van der Waals surface area contributed by atoms with Gasteiger partial charge in [0.05, 0.1) is 30.9 Å². The number of ether oxygens (including phenoxy) is 1. The predicted molar refractivity (Wildman–Crippen MR) is 95.5 cm³/mol. The van der Waals surface area contributed by atoms with Crippen LogP contribution in [0.5, 0.6) is 0 Å². The van der Waals surface area contributed by atoms with E-state index in [4.69, 9.17) is 20.8 Å². The van der Waals surface area contributed by atoms with Crippen LogP contribution in [0, 0.1) is 0 Å². The van der Waals surface area contributed by atoms with Crippen molar-refractivity contribution in [3.8, 4) is 0 Å². The first-order valence-electron chi connectivity index (χ1n) is 7.66. The van der Waals surface area contributed by atoms with E-state index in [0.29, 0.717) is 32.7 Å². The topological polar surface area (TPSA) is 87.2 Å². The highest BCUT2D eigenvalue weighted by molar-refractivity contribution is 6.32. The van der Waals surface area contributed by atoms with E-state index >= 15 is 0 Å². The monoisotopic (exact) mass is 369 g/mol. The molecule has 0 bridgehead atoms. The van der Waals surface area contributed by atoms with Gasteiger partial charge in [0.2, 0.25) is 0 Å². The Bertz CT molecular complexity index is 1210. The zero-order chi connectivity index (χ0) is 18.3. The molecule has 0 N–H and O–H groups in total. The molecule has 8 heteroatoms. The van der Waals surface area contributed by atoms with Crippen LogP contribution in [-0.4, -0.2) is 27.6 Å². The van der Waals surface area contributed by atoms with Gasteiger partial charge in [0.1, 0.15) is 16.9 Å². The molecule has 0 aliphatic rings. The molecule has 130 valence electrons. The number of carbonyl (C=O) groups excluding carboxylic acids is 1. The summed E-state index contributed by atoms with van der Waals surface area (Å²) in [7, 11) is 1.28. The Kier molecular flexibility index (Phi) is 3.93. The molecule has 0 unspecified atom stereocenters. The summed E-state index contributed by atoms with van der Waals surface area (Å²) >= 11 is 6.06. The predicted octanol–water partition coefficient (Wildman–Crippen LogP) is 3.03. The molecule has 26 heavy (non-hydrogen) atoms. The summed E-state index contributed by atoms with van der Waals surface area (Å²) in [6.45, 7) is 0.156. The molecule has 3 heterocycles. The van der Waals surface area contributed by atoms with Crippen molar-refractivity contribution >= 4 is 39.4 Å². The van der Waals surface area contributed by atoms with Crippen molar-refractivity contribution in [2.24, 2.45) is 0 Å². The van der Waals surface area contributed by atoms with Crippen molar-refractivity contribution in [3.05, 3.63) is 69.7 Å². The number of carbonyl (C=O) groups is 1. The standard InChI is InChI=1S/C18H12ClN3O4/c1-25-18(24)13-6-11(19)4-10-5-12(26-16(10)13)8-22-9-21-15-2-3-20-7-14(15)17(22)23/h2-7,9H,8H2,1H3. The smallest absolute Gasteiger partial charge is 0.341 e. The fourth-order valence-electron chi connectivity index (χ4n) is 2.79. The Morgan fingerprint density at radius 2 is 2.19 bits per heavy atom. The van der Waals surface area contributed by atoms with Crippen molar-refractivity contribution in [1.29, 1.82) is 0 Å². The second-order valence-corrected chi connectivity index (χ2v) is 6.08. The van der Waals surface area contributed by atoms with Gasteiger partial charge >= 0.3 is 5.97 Å². The Labute approximate surface area is 151 Å². The zero-order valence-corrected chi connectivity index (χ0v) is 14.4. The van der Waals surface area contributed by atoms with Crippen molar-refractivity contribution in [1.82, 2.24) is 14.5 Å². The molecular weight excluding hydrogens is 358 g/mol. The zero-order valence-electron chi connectivity index (χ0n) is 13.6. The van der Waals surface area contributed by atoms with E-state index in [1.165, 1.54) is 30.3 Å². The van der Waals surface area contributed by atoms with Gasteiger partial charge in [0, 0.05) is 22.8 Å². The Morgan fingerprint density at radius 3 is 3.00 bits per heavy atom. The number of hydrogen-bond acceptors (Lipinski definition) is 6. The van der Waals surface area contributed by atoms with Crippen molar-refractivity contribution in [3.63, 3.8) is 0 Å². The molecule has 0 fully saturated rings. The largest absolute Gasteiger partial charge is 0.465 e. The quantitative estimate of drug-likeness (QED) is 0.516. The lowest BCUT2D eigenvalue weighted by Crippen LogP contribution is -2.21. The lowest BCUT2D eigenvalue weighted by molar-refractivity contribution is 0.0601. The van der Waals surface area contributed by atoms with E-state index in [2.05, 4.69) is 9.97 Å². The van der Waals surface area contributed by atoms with Crippen LogP contribution in [0.25, 0.3) is 21.9 Å². The second kappa shape index (κ2) is 6.27. The maximum absolute atomic E-state index is 12.6. The van der Waals surface area contributed by atoms with E-state index in [1.807, 2.05) is 0 Å². The molecular formula is C18H12ClN3O4. The summed E-state index contributed by atoms with van der Waals surface area (Å²) in [6.07, 6.45) is 4.51. The maximum atomic E-state index is 12.6. The van der Waals surface area contributed by atoms with Crippen LogP contribution in [0.3, 0.4) is 0 Å². The molecule has 4 rings (SSSR count). The van der Waals surface area contributed by atoms with Crippen molar-refractivity contribution in [2.75, 3.05) is 7.11 Å². The van der Waals surface area contributed by atoms with Gasteiger partial charge in [-0.1, -0.05) is 11.6 Å². The molecule has 0 amide bonds. The second-order valence-electron chi connectivity index (χ2n) is 5.65. The number of nitrogens with zero attached hydrogens (tertiary/aromatic N) is 3. The van der Waals surface area contributed by atoms with Crippen LogP contribution in [0.4, 0.5) is 0 Å². The third-order valence-corrected chi connectivity index (χ3v) is 4.21. The molecule has 0 radical (unpaired) electrons. The Balaban J connectivity index is 1.80. The van der Waals surface area contributed by atoms with E-state index < -0.39 is 5.97 Å². The first-order valence-corrected chi connectivity index (χ1v) is 8.04. The highest BCUT2D eigenvalue weighted by Gasteiger charge is 2.17. The van der Waals surface area contributed by atoms with Gasteiger partial charge in [-0.25, -0.2) is 9.78 Å². The van der Waals surface area contributed by atoms with Gasteiger partial charge in [-0.05, 0) is 24.3 Å². The Hall–Kier alpha value is -3.19. The molecule has 4 aromatic rings. The summed E-state index contributed by atoms with van der Waals surface area (Å²) in [5.41, 5.74) is 0.939. The first kappa shape index (κ1) is 16.3. The van der Waals surface area contributed by atoms with Crippen LogP contribution < -0.4 is 5.56 Å². The average molecular weight is 370 g/mol. The lowest BCUT2D eigenvalue weighted by Gasteiger charge is -2.04. The molecule has 0 saturated carbocycles. The van der Waals surface area contributed by atoms with E-state index in [-0.39, 0.29) is 17.7 Å². The number of halogens is 1. The van der Waals surface area contributed by atoms with Crippen molar-refractivity contribution < 1.29 is 13.9 Å². The van der Waals surface area contributed by atoms with Crippen LogP contribution >= 0.6 is 11.6 Å². The van der Waals surface area contributed by atoms with Gasteiger partial charge in [-0.2, -0.15) is 0 Å². The number of fused-ring (bicyclic) bond motifs is 2. The molecule has 1 aromatic carbocycles. The van der Waals surface area contributed by atoms with Crippen LogP contribution in [0.15, 0.2) is 52.2 Å². The van der Waals surface area contributed by atoms with Gasteiger partial charge in [0.15, 0.2) is 0 Å². The SMILES string of the molecule is COC(=O)c1cc(Cl)cc2cc(Cn3cnc4ccncc4c3=O)oc12. The van der Waals surface area contributed by atoms with Crippen molar-refractivity contribution in [2.45, 2.75) is 6.54 Å². The molecule has 0 aliphatic carbocycles. The third-order valence-electron chi connectivity index (χ3n) is 3.99.